The molecule has 280 valence electrons. The lowest BCUT2D eigenvalue weighted by Gasteiger charge is -2.42. The van der Waals surface area contributed by atoms with Gasteiger partial charge in [-0.15, -0.1) is 0 Å². The van der Waals surface area contributed by atoms with Gasteiger partial charge in [0.25, 0.3) is 0 Å². The maximum Gasteiger partial charge on any atom is 0.0915 e. The lowest BCUT2D eigenvalue weighted by atomic mass is 10.1. The van der Waals surface area contributed by atoms with Crippen molar-refractivity contribution < 1.29 is 42.9 Å². The van der Waals surface area contributed by atoms with Gasteiger partial charge in [0, 0.05) is 39.3 Å². The molecule has 0 aromatic carbocycles. The van der Waals surface area contributed by atoms with Gasteiger partial charge in [-0.2, -0.15) is 0 Å². The number of likely N-dealkylation sites (N-methyl/N-ethyl adjacent to an activating group) is 2. The zero-order valence-electron chi connectivity index (χ0n) is 32.6. The molecule has 1 rings (SSSR count). The molecule has 0 amide bonds. The molecule has 0 spiro atoms. The van der Waals surface area contributed by atoms with E-state index in [0.717, 1.165) is 0 Å². The summed E-state index contributed by atoms with van der Waals surface area (Å²) in [5, 5.41) is 0. The lowest BCUT2D eigenvalue weighted by Crippen LogP contribution is -3.00. The Morgan fingerprint density at radius 3 is 0.804 bits per heavy atom. The summed E-state index contributed by atoms with van der Waals surface area (Å²) in [5.41, 5.74) is 0. The number of halogens is 2. The Hall–Kier alpha value is 0.800. The Balaban J connectivity index is 0. The molecule has 0 aliphatic carbocycles. The fourth-order valence-corrected chi connectivity index (χ4v) is 7.75. The van der Waals surface area contributed by atoms with Crippen molar-refractivity contribution in [2.75, 3.05) is 91.6 Å². The van der Waals surface area contributed by atoms with Crippen LogP contribution in [-0.4, -0.2) is 110 Å². The summed E-state index contributed by atoms with van der Waals surface area (Å²) in [7, 11) is 0. The zero-order chi connectivity index (χ0) is 32.2. The molecule has 1 saturated heterocycles. The predicted molar refractivity (Wildman–Crippen MR) is 199 cm³/mol. The first-order valence-corrected chi connectivity index (χ1v) is 20.7. The third-order valence-electron chi connectivity index (χ3n) is 11.9. The van der Waals surface area contributed by atoms with Crippen LogP contribution in [-0.2, 0) is 0 Å². The van der Waals surface area contributed by atoms with Crippen LogP contribution in [0, 0.1) is 0 Å². The van der Waals surface area contributed by atoms with Crippen molar-refractivity contribution in [3.63, 3.8) is 0 Å². The number of nitrogens with zero attached hydrogens (tertiary/aromatic N) is 4. The Kier molecular flexibility index (Phi) is 35.1. The van der Waals surface area contributed by atoms with Crippen molar-refractivity contribution in [2.45, 2.75) is 170 Å². The van der Waals surface area contributed by atoms with E-state index in [0.29, 0.717) is 0 Å². The molecular weight excluding hydrogens is 696 g/mol. The molecule has 1 heterocycles. The molecule has 0 atom stereocenters. The van der Waals surface area contributed by atoms with Gasteiger partial charge in [0.2, 0.25) is 0 Å². The molecule has 1 aliphatic heterocycles. The number of hydrogen-bond acceptors (Lipinski definition) is 2. The molecule has 0 radical (unpaired) electrons. The first-order chi connectivity index (χ1) is 21.5. The van der Waals surface area contributed by atoms with Crippen LogP contribution >= 0.6 is 0 Å². The second-order valence-electron chi connectivity index (χ2n) is 14.9. The van der Waals surface area contributed by atoms with E-state index in [-0.39, 0.29) is 34.0 Å². The molecule has 0 N–H and O–H groups in total. The Morgan fingerprint density at radius 2 is 0.565 bits per heavy atom. The standard InChI is InChI=1S/C40H86N4.2BrH/c1-7-13-15-17-19-21-23-25-27-29-37-43(9-3,10-4)39-35-41-31-33-42(34-32-41)36-40-44(11-5,12-6)38-30-28-26-24-22-20-18-16-14-8-2;;/h7-40H2,1-6H3;2*1H/q+2;;/p-2. The van der Waals surface area contributed by atoms with Crippen molar-refractivity contribution in [3.05, 3.63) is 0 Å². The van der Waals surface area contributed by atoms with Gasteiger partial charge < -0.3 is 42.9 Å². The number of quaternary nitrogens is 2. The van der Waals surface area contributed by atoms with Crippen LogP contribution in [0.15, 0.2) is 0 Å². The van der Waals surface area contributed by atoms with E-state index in [2.05, 4.69) is 51.3 Å². The molecule has 1 aliphatic rings. The molecule has 6 heteroatoms. The van der Waals surface area contributed by atoms with Crippen LogP contribution in [0.2, 0.25) is 0 Å². The van der Waals surface area contributed by atoms with Gasteiger partial charge >= 0.3 is 0 Å². The molecule has 0 bridgehead atoms. The highest BCUT2D eigenvalue weighted by molar-refractivity contribution is 4.72. The second kappa shape index (κ2) is 33.0. The van der Waals surface area contributed by atoms with Crippen LogP contribution in [0.1, 0.15) is 170 Å². The third-order valence-corrected chi connectivity index (χ3v) is 11.9. The molecule has 1 fully saturated rings. The molecule has 46 heavy (non-hydrogen) atoms. The Morgan fingerprint density at radius 1 is 0.326 bits per heavy atom. The first kappa shape index (κ1) is 48.9. The van der Waals surface area contributed by atoms with E-state index >= 15 is 0 Å². The average Bonchev–Trinajstić information content (AvgIpc) is 3.06. The minimum atomic E-state index is 0. The Labute approximate surface area is 312 Å². The van der Waals surface area contributed by atoms with E-state index in [1.165, 1.54) is 229 Å². The summed E-state index contributed by atoms with van der Waals surface area (Å²) in [6.45, 7) is 32.9. The molecule has 0 saturated carbocycles. The maximum atomic E-state index is 2.79. The monoisotopic (exact) mass is 781 g/mol. The summed E-state index contributed by atoms with van der Waals surface area (Å²) in [6, 6.07) is 0. The normalized spacial score (nSPS) is 14.7. The van der Waals surface area contributed by atoms with Gasteiger partial charge in [-0.05, 0) is 53.4 Å². The highest BCUT2D eigenvalue weighted by atomic mass is 79.9. The number of piperazine rings is 1. The molecule has 0 aromatic heterocycles. The molecule has 0 aromatic rings. The maximum absolute atomic E-state index is 2.79. The van der Waals surface area contributed by atoms with Gasteiger partial charge in [-0.25, -0.2) is 0 Å². The largest absolute Gasteiger partial charge is 1.00 e. The summed E-state index contributed by atoms with van der Waals surface area (Å²) < 4.78 is 2.67. The van der Waals surface area contributed by atoms with E-state index in [1.807, 2.05) is 0 Å². The van der Waals surface area contributed by atoms with Gasteiger partial charge in [-0.1, -0.05) is 117 Å². The smallest absolute Gasteiger partial charge is 0.0915 e. The van der Waals surface area contributed by atoms with Crippen LogP contribution < -0.4 is 34.0 Å². The summed E-state index contributed by atoms with van der Waals surface area (Å²) >= 11 is 0. The SMILES string of the molecule is CCCCCCCCCCCC[N+](CC)(CC)CCN1CCN(CC[N+](CC)(CC)CCCCCCCCCCCC)CC1.[Br-].[Br-]. The molecule has 4 nitrogen and oxygen atoms in total. The van der Waals surface area contributed by atoms with Gasteiger partial charge in [0.05, 0.1) is 52.4 Å². The van der Waals surface area contributed by atoms with E-state index in [4.69, 9.17) is 0 Å². The van der Waals surface area contributed by atoms with Crippen LogP contribution in [0.25, 0.3) is 0 Å². The highest BCUT2D eigenvalue weighted by Gasteiger charge is 2.27. The highest BCUT2D eigenvalue weighted by Crippen LogP contribution is 2.17. The quantitative estimate of drug-likeness (QED) is 0.0748. The minimum Gasteiger partial charge on any atom is -1.00 e. The topological polar surface area (TPSA) is 6.48 Å². The zero-order valence-corrected chi connectivity index (χ0v) is 35.8. The summed E-state index contributed by atoms with van der Waals surface area (Å²) in [5.74, 6) is 0. The van der Waals surface area contributed by atoms with Gasteiger partial charge in [0.15, 0.2) is 0 Å². The fraction of sp³-hybridized carbons (Fsp3) is 1.00. The Bertz CT molecular complexity index is 552. The van der Waals surface area contributed by atoms with Crippen molar-refractivity contribution >= 4 is 0 Å². The molecular formula is C40H86Br2N4. The lowest BCUT2D eigenvalue weighted by molar-refractivity contribution is -0.924. The van der Waals surface area contributed by atoms with Crippen LogP contribution in [0.3, 0.4) is 0 Å². The van der Waals surface area contributed by atoms with E-state index in [9.17, 15) is 0 Å². The summed E-state index contributed by atoms with van der Waals surface area (Å²) in [4.78, 5) is 5.58. The van der Waals surface area contributed by atoms with Gasteiger partial charge in [-0.3, -0.25) is 9.80 Å². The van der Waals surface area contributed by atoms with Crippen molar-refractivity contribution in [1.82, 2.24) is 9.80 Å². The van der Waals surface area contributed by atoms with Crippen LogP contribution in [0.5, 0.6) is 0 Å². The number of hydrogen-bond donors (Lipinski definition) is 0. The van der Waals surface area contributed by atoms with E-state index < -0.39 is 0 Å². The van der Waals surface area contributed by atoms with Crippen molar-refractivity contribution in [2.24, 2.45) is 0 Å². The second-order valence-corrected chi connectivity index (χ2v) is 14.9. The number of unbranched alkanes of at least 4 members (excludes halogenated alkanes) is 18. The van der Waals surface area contributed by atoms with E-state index in [1.54, 1.807) is 0 Å². The predicted octanol–water partition coefficient (Wildman–Crippen LogP) is 4.17. The first-order valence-electron chi connectivity index (χ1n) is 20.7. The van der Waals surface area contributed by atoms with Crippen LogP contribution in [0.4, 0.5) is 0 Å². The fourth-order valence-electron chi connectivity index (χ4n) is 7.75. The molecule has 0 unspecified atom stereocenters. The van der Waals surface area contributed by atoms with Crippen molar-refractivity contribution in [3.8, 4) is 0 Å². The third kappa shape index (κ3) is 23.2. The minimum absolute atomic E-state index is 0. The summed E-state index contributed by atoms with van der Waals surface area (Å²) in [6.07, 6.45) is 28.9. The van der Waals surface area contributed by atoms with Gasteiger partial charge in [0.1, 0.15) is 0 Å². The number of rotatable bonds is 32. The van der Waals surface area contributed by atoms with Crippen molar-refractivity contribution in [1.29, 1.82) is 0 Å². The average molecular weight is 783 g/mol.